The minimum atomic E-state index is -1.15. The Bertz CT molecular complexity index is 466. The van der Waals surface area contributed by atoms with Gasteiger partial charge in [0.05, 0.1) is 13.2 Å². The van der Waals surface area contributed by atoms with Crippen molar-refractivity contribution in [3.8, 4) is 0 Å². The second-order valence-electron chi connectivity index (χ2n) is 9.80. The van der Waals surface area contributed by atoms with Gasteiger partial charge in [-0.3, -0.25) is 9.59 Å². The topological polar surface area (TPSA) is 52.6 Å². The molecule has 0 heterocycles. The van der Waals surface area contributed by atoms with Crippen LogP contribution in [0.5, 0.6) is 0 Å². The van der Waals surface area contributed by atoms with E-state index in [1.807, 2.05) is 13.8 Å². The molecule has 0 unspecified atom stereocenters. The van der Waals surface area contributed by atoms with Gasteiger partial charge in [-0.1, -0.05) is 131 Å². The fourth-order valence-corrected chi connectivity index (χ4v) is 4.37. The summed E-state index contributed by atoms with van der Waals surface area (Å²) in [6, 6.07) is 0. The number of carbonyl (C=O) groups excluding carboxylic acids is 2. The number of hydrogen-bond donors (Lipinski definition) is 0. The molecule has 0 aromatic rings. The van der Waals surface area contributed by atoms with Gasteiger partial charge < -0.3 is 9.47 Å². The number of ether oxygens (including phenoxy) is 2. The molecule has 0 rings (SSSR count). The van der Waals surface area contributed by atoms with E-state index in [1.165, 1.54) is 77.0 Å². The summed E-state index contributed by atoms with van der Waals surface area (Å²) in [5.41, 5.74) is -1.15. The minimum Gasteiger partial charge on any atom is -0.465 e. The normalized spacial score (nSPS) is 11.7. The lowest BCUT2D eigenvalue weighted by atomic mass is 9.82. The average molecular weight is 469 g/mol. The fraction of sp³-hybridized carbons (Fsp3) is 0.931. The summed E-state index contributed by atoms with van der Waals surface area (Å²) in [4.78, 5) is 25.5. The largest absolute Gasteiger partial charge is 0.465 e. The molecule has 0 radical (unpaired) electrons. The molecule has 0 aliphatic carbocycles. The molecule has 0 amide bonds. The molecule has 0 spiro atoms. The zero-order valence-electron chi connectivity index (χ0n) is 22.9. The van der Waals surface area contributed by atoms with Crippen LogP contribution < -0.4 is 0 Å². The number of hydrogen-bond acceptors (Lipinski definition) is 4. The highest BCUT2D eigenvalue weighted by Crippen LogP contribution is 2.30. The van der Waals surface area contributed by atoms with Gasteiger partial charge in [0, 0.05) is 0 Å². The van der Waals surface area contributed by atoms with Crippen LogP contribution in [-0.2, 0) is 19.1 Å². The quantitative estimate of drug-likeness (QED) is 0.0854. The summed E-state index contributed by atoms with van der Waals surface area (Å²) in [5.74, 6) is -0.464. The molecule has 0 aromatic heterocycles. The van der Waals surface area contributed by atoms with E-state index in [-0.39, 0.29) is 0 Å². The van der Waals surface area contributed by atoms with Crippen molar-refractivity contribution in [1.29, 1.82) is 0 Å². The Hall–Kier alpha value is -1.06. The molecule has 0 saturated heterocycles. The standard InChI is InChI=1S/C29H56O4/c1-6-11-12-13-14-15-16-17-18-19-20-21-22-23-24-32-27(30)29(9-4,10-5)28(31)33-25-26(7-2)8-3/h26H,6-25H2,1-5H3. The second kappa shape index (κ2) is 21.5. The van der Waals surface area contributed by atoms with Crippen LogP contribution in [0.3, 0.4) is 0 Å². The Balaban J connectivity index is 3.92. The van der Waals surface area contributed by atoms with E-state index in [0.717, 1.165) is 25.7 Å². The van der Waals surface area contributed by atoms with Gasteiger partial charge in [0.2, 0.25) is 0 Å². The van der Waals surface area contributed by atoms with E-state index in [0.29, 0.717) is 32.0 Å². The fourth-order valence-electron chi connectivity index (χ4n) is 4.37. The summed E-state index contributed by atoms with van der Waals surface area (Å²) in [5, 5.41) is 0. The number of carbonyl (C=O) groups is 2. The third kappa shape index (κ3) is 14.1. The van der Waals surface area contributed by atoms with Gasteiger partial charge in [0.25, 0.3) is 0 Å². The number of unbranched alkanes of at least 4 members (excludes halogenated alkanes) is 13. The molecule has 0 aliphatic rings. The first-order chi connectivity index (χ1) is 16.0. The van der Waals surface area contributed by atoms with Crippen LogP contribution >= 0.6 is 0 Å². The molecule has 0 fully saturated rings. The van der Waals surface area contributed by atoms with E-state index in [9.17, 15) is 9.59 Å². The van der Waals surface area contributed by atoms with Gasteiger partial charge in [-0.05, 0) is 25.2 Å². The molecule has 33 heavy (non-hydrogen) atoms. The maximum atomic E-state index is 12.8. The highest BCUT2D eigenvalue weighted by Gasteiger charge is 2.46. The van der Waals surface area contributed by atoms with Gasteiger partial charge >= 0.3 is 11.9 Å². The van der Waals surface area contributed by atoms with Crippen LogP contribution in [0.4, 0.5) is 0 Å². The molecule has 0 saturated carbocycles. The third-order valence-corrected chi connectivity index (χ3v) is 7.32. The highest BCUT2D eigenvalue weighted by atomic mass is 16.6. The van der Waals surface area contributed by atoms with Crippen molar-refractivity contribution in [1.82, 2.24) is 0 Å². The smallest absolute Gasteiger partial charge is 0.323 e. The van der Waals surface area contributed by atoms with Crippen molar-refractivity contribution in [3.63, 3.8) is 0 Å². The number of esters is 2. The van der Waals surface area contributed by atoms with Crippen LogP contribution in [0, 0.1) is 11.3 Å². The predicted molar refractivity (Wildman–Crippen MR) is 139 cm³/mol. The van der Waals surface area contributed by atoms with Crippen molar-refractivity contribution < 1.29 is 19.1 Å². The molecule has 0 atom stereocenters. The van der Waals surface area contributed by atoms with Crippen molar-refractivity contribution in [3.05, 3.63) is 0 Å². The van der Waals surface area contributed by atoms with Gasteiger partial charge in [-0.15, -0.1) is 0 Å². The minimum absolute atomic E-state index is 0.354. The Morgan fingerprint density at radius 2 is 0.970 bits per heavy atom. The summed E-state index contributed by atoms with van der Waals surface area (Å²) < 4.78 is 11.1. The summed E-state index contributed by atoms with van der Waals surface area (Å²) in [6.07, 6.45) is 21.0. The lowest BCUT2D eigenvalue weighted by Crippen LogP contribution is -2.41. The molecular weight excluding hydrogens is 412 g/mol. The zero-order chi connectivity index (χ0) is 24.8. The van der Waals surface area contributed by atoms with Crippen LogP contribution in [0.2, 0.25) is 0 Å². The van der Waals surface area contributed by atoms with Gasteiger partial charge in [0.1, 0.15) is 0 Å². The summed E-state index contributed by atoms with van der Waals surface area (Å²) >= 11 is 0. The van der Waals surface area contributed by atoms with Crippen LogP contribution in [0.15, 0.2) is 0 Å². The molecule has 4 nitrogen and oxygen atoms in total. The zero-order valence-corrected chi connectivity index (χ0v) is 22.9. The highest BCUT2D eigenvalue weighted by molar-refractivity contribution is 6.00. The second-order valence-corrected chi connectivity index (χ2v) is 9.80. The van der Waals surface area contributed by atoms with E-state index in [2.05, 4.69) is 20.8 Å². The van der Waals surface area contributed by atoms with Crippen molar-refractivity contribution in [2.45, 2.75) is 150 Å². The first-order valence-corrected chi connectivity index (χ1v) is 14.4. The Kier molecular flexibility index (Phi) is 20.8. The average Bonchev–Trinajstić information content (AvgIpc) is 2.83. The maximum Gasteiger partial charge on any atom is 0.323 e. The lowest BCUT2D eigenvalue weighted by Gasteiger charge is -2.27. The Morgan fingerprint density at radius 1 is 0.576 bits per heavy atom. The molecule has 0 bridgehead atoms. The predicted octanol–water partition coefficient (Wildman–Crippen LogP) is 8.80. The SMILES string of the molecule is CCCCCCCCCCCCCCCCOC(=O)C(CC)(CC)C(=O)OCC(CC)CC. The van der Waals surface area contributed by atoms with E-state index in [1.54, 1.807) is 0 Å². The van der Waals surface area contributed by atoms with Crippen LogP contribution in [0.25, 0.3) is 0 Å². The first kappa shape index (κ1) is 31.9. The summed E-state index contributed by atoms with van der Waals surface area (Å²) in [6.45, 7) is 11.0. The van der Waals surface area contributed by atoms with Crippen LogP contribution in [-0.4, -0.2) is 25.2 Å². The summed E-state index contributed by atoms with van der Waals surface area (Å²) in [7, 11) is 0. The van der Waals surface area contributed by atoms with E-state index in [4.69, 9.17) is 9.47 Å². The molecule has 4 heteroatoms. The molecule has 0 N–H and O–H groups in total. The van der Waals surface area contributed by atoms with Gasteiger partial charge in [0.15, 0.2) is 5.41 Å². The van der Waals surface area contributed by atoms with Crippen molar-refractivity contribution in [2.75, 3.05) is 13.2 Å². The maximum absolute atomic E-state index is 12.8. The van der Waals surface area contributed by atoms with Crippen LogP contribution in [0.1, 0.15) is 150 Å². The Morgan fingerprint density at radius 3 is 1.36 bits per heavy atom. The molecule has 0 aliphatic heterocycles. The van der Waals surface area contributed by atoms with Crippen molar-refractivity contribution in [2.24, 2.45) is 11.3 Å². The number of rotatable bonds is 23. The monoisotopic (exact) mass is 468 g/mol. The lowest BCUT2D eigenvalue weighted by molar-refractivity contribution is -0.174. The molecule has 0 aromatic carbocycles. The van der Waals surface area contributed by atoms with Gasteiger partial charge in [-0.2, -0.15) is 0 Å². The van der Waals surface area contributed by atoms with E-state index < -0.39 is 17.4 Å². The first-order valence-electron chi connectivity index (χ1n) is 14.4. The van der Waals surface area contributed by atoms with Crippen molar-refractivity contribution >= 4 is 11.9 Å². The Labute approximate surface area is 206 Å². The third-order valence-electron chi connectivity index (χ3n) is 7.32. The molecular formula is C29H56O4. The van der Waals surface area contributed by atoms with E-state index >= 15 is 0 Å². The van der Waals surface area contributed by atoms with Gasteiger partial charge in [-0.25, -0.2) is 0 Å². The molecule has 196 valence electrons.